The maximum atomic E-state index is 13.5. The SMILES string of the molecule is CN(c1c(Cl)ccc(C2C(=O)c3ncccc3C(C)(C)S2(=O)=O)c1Cl)S(C)(=O)=O. The van der Waals surface area contributed by atoms with Crippen LogP contribution >= 0.6 is 23.2 Å². The summed E-state index contributed by atoms with van der Waals surface area (Å²) >= 11 is 12.6. The van der Waals surface area contributed by atoms with Gasteiger partial charge in [0.1, 0.15) is 5.69 Å². The van der Waals surface area contributed by atoms with Crippen LogP contribution < -0.4 is 4.31 Å². The summed E-state index contributed by atoms with van der Waals surface area (Å²) in [6.45, 7) is 2.99. The summed E-state index contributed by atoms with van der Waals surface area (Å²) in [5, 5.41) is -1.86. The van der Waals surface area contributed by atoms with Crippen molar-refractivity contribution in [3.8, 4) is 0 Å². The molecule has 2 aromatic rings. The van der Waals surface area contributed by atoms with Crippen LogP contribution in [0, 0.1) is 0 Å². The minimum absolute atomic E-state index is 0.00474. The maximum Gasteiger partial charge on any atom is 0.232 e. The highest BCUT2D eigenvalue weighted by Crippen LogP contribution is 2.49. The Kier molecular flexibility index (Phi) is 5.27. The number of pyridine rings is 1. The first-order valence-electron chi connectivity index (χ1n) is 8.38. The molecular formula is C18H18Cl2N2O5S2. The van der Waals surface area contributed by atoms with E-state index in [1.165, 1.54) is 39.2 Å². The van der Waals surface area contributed by atoms with Crippen molar-refractivity contribution in [2.45, 2.75) is 23.8 Å². The van der Waals surface area contributed by atoms with E-state index < -0.39 is 35.6 Å². The third-order valence-electron chi connectivity index (χ3n) is 5.14. The number of nitrogens with zero attached hydrogens (tertiary/aromatic N) is 2. The van der Waals surface area contributed by atoms with Gasteiger partial charge < -0.3 is 0 Å². The summed E-state index contributed by atoms with van der Waals surface area (Å²) in [6, 6.07) is 5.77. The molecule has 0 fully saturated rings. The van der Waals surface area contributed by atoms with E-state index >= 15 is 0 Å². The fourth-order valence-electron chi connectivity index (χ4n) is 3.32. The normalized spacial score (nSPS) is 20.2. The zero-order valence-electron chi connectivity index (χ0n) is 16.0. The molecule has 0 saturated carbocycles. The van der Waals surface area contributed by atoms with Crippen molar-refractivity contribution in [1.29, 1.82) is 0 Å². The monoisotopic (exact) mass is 476 g/mol. The van der Waals surface area contributed by atoms with E-state index in [1.54, 1.807) is 12.1 Å². The molecule has 1 aromatic carbocycles. The first-order chi connectivity index (χ1) is 13.2. The summed E-state index contributed by atoms with van der Waals surface area (Å²) < 4.78 is 50.3. The Balaban J connectivity index is 2.34. The van der Waals surface area contributed by atoms with Gasteiger partial charge in [-0.15, -0.1) is 0 Å². The van der Waals surface area contributed by atoms with Gasteiger partial charge in [0, 0.05) is 18.8 Å². The Morgan fingerprint density at radius 3 is 2.38 bits per heavy atom. The summed E-state index contributed by atoms with van der Waals surface area (Å²) in [4.78, 5) is 17.3. The number of aromatic nitrogens is 1. The molecule has 0 amide bonds. The van der Waals surface area contributed by atoms with Gasteiger partial charge in [0.2, 0.25) is 15.8 Å². The van der Waals surface area contributed by atoms with E-state index in [0.717, 1.165) is 10.6 Å². The fourth-order valence-corrected chi connectivity index (χ4v) is 6.73. The van der Waals surface area contributed by atoms with Gasteiger partial charge in [-0.25, -0.2) is 16.8 Å². The molecule has 7 nitrogen and oxygen atoms in total. The van der Waals surface area contributed by atoms with E-state index in [0.29, 0.717) is 5.56 Å². The molecule has 156 valence electrons. The third kappa shape index (κ3) is 3.24. The molecule has 1 aliphatic rings. The van der Waals surface area contributed by atoms with Crippen molar-refractivity contribution in [2.75, 3.05) is 17.6 Å². The van der Waals surface area contributed by atoms with E-state index in [1.807, 2.05) is 0 Å². The first-order valence-corrected chi connectivity index (χ1v) is 12.5. The number of hydrogen-bond acceptors (Lipinski definition) is 6. The highest BCUT2D eigenvalue weighted by atomic mass is 35.5. The number of sulfonamides is 1. The van der Waals surface area contributed by atoms with Crippen molar-refractivity contribution in [2.24, 2.45) is 0 Å². The predicted molar refractivity (Wildman–Crippen MR) is 113 cm³/mol. The van der Waals surface area contributed by atoms with E-state index in [9.17, 15) is 21.6 Å². The molecule has 0 bridgehead atoms. The molecule has 1 atom stereocenters. The second kappa shape index (κ2) is 6.94. The van der Waals surface area contributed by atoms with Crippen LogP contribution in [0.15, 0.2) is 30.5 Å². The number of Topliss-reactive ketones (excluding diaryl/α,β-unsaturated/α-hetero) is 1. The van der Waals surface area contributed by atoms with Crippen LogP contribution in [0.1, 0.15) is 40.7 Å². The largest absolute Gasteiger partial charge is 0.291 e. The lowest BCUT2D eigenvalue weighted by molar-refractivity contribution is 0.0975. The number of carbonyl (C=O) groups is 1. The lowest BCUT2D eigenvalue weighted by Crippen LogP contribution is -2.43. The number of ketones is 1. The number of sulfone groups is 1. The lowest BCUT2D eigenvalue weighted by Gasteiger charge is -2.36. The van der Waals surface area contributed by atoms with Crippen molar-refractivity contribution >= 4 is 54.5 Å². The predicted octanol–water partition coefficient (Wildman–Crippen LogP) is 3.37. The number of fused-ring (bicyclic) bond motifs is 1. The van der Waals surface area contributed by atoms with E-state index in [4.69, 9.17) is 23.2 Å². The minimum Gasteiger partial charge on any atom is -0.291 e. The summed E-state index contributed by atoms with van der Waals surface area (Å²) in [6.07, 6.45) is 2.37. The third-order valence-corrected chi connectivity index (χ3v) is 9.75. The molecular weight excluding hydrogens is 459 g/mol. The second-order valence-electron chi connectivity index (χ2n) is 7.23. The zero-order chi connectivity index (χ0) is 21.9. The number of benzene rings is 1. The topological polar surface area (TPSA) is 101 Å². The number of rotatable bonds is 3. The number of halogens is 2. The average molecular weight is 477 g/mol. The maximum absolute atomic E-state index is 13.5. The standard InChI is InChI=1S/C18H18Cl2N2O5S2/c1-18(2)11-6-5-9-21-14(11)16(23)17(29(18,26)27)10-7-8-12(19)15(13(10)20)22(3)28(4,24)25/h5-9,17H,1-4H3. The van der Waals surface area contributed by atoms with Crippen LogP contribution in [-0.2, 0) is 24.6 Å². The van der Waals surface area contributed by atoms with Crippen LogP contribution in [0.3, 0.4) is 0 Å². The molecule has 3 rings (SSSR count). The van der Waals surface area contributed by atoms with Crippen molar-refractivity contribution in [3.63, 3.8) is 0 Å². The molecule has 29 heavy (non-hydrogen) atoms. The highest BCUT2D eigenvalue weighted by Gasteiger charge is 2.53. The van der Waals surface area contributed by atoms with Crippen LogP contribution in [0.5, 0.6) is 0 Å². The Morgan fingerprint density at radius 2 is 1.79 bits per heavy atom. The average Bonchev–Trinajstić information content (AvgIpc) is 2.61. The van der Waals surface area contributed by atoms with Crippen molar-refractivity contribution in [1.82, 2.24) is 4.98 Å². The van der Waals surface area contributed by atoms with Crippen LogP contribution in [0.25, 0.3) is 0 Å². The molecule has 1 aliphatic heterocycles. The smallest absolute Gasteiger partial charge is 0.232 e. The Hall–Kier alpha value is -1.68. The van der Waals surface area contributed by atoms with Crippen LogP contribution in [-0.4, -0.2) is 40.9 Å². The molecule has 0 radical (unpaired) electrons. The zero-order valence-corrected chi connectivity index (χ0v) is 19.1. The lowest BCUT2D eigenvalue weighted by atomic mass is 9.94. The molecule has 11 heteroatoms. The molecule has 0 saturated heterocycles. The first kappa shape index (κ1) is 22.0. The van der Waals surface area contributed by atoms with Gasteiger partial charge in [-0.3, -0.25) is 14.1 Å². The second-order valence-corrected chi connectivity index (χ2v) is 12.6. The summed E-state index contributed by atoms with van der Waals surface area (Å²) in [5.41, 5.74) is 0.207. The van der Waals surface area contributed by atoms with Crippen LogP contribution in [0.2, 0.25) is 10.0 Å². The Bertz CT molecular complexity index is 1240. The summed E-state index contributed by atoms with van der Waals surface area (Å²) in [7, 11) is -6.62. The van der Waals surface area contributed by atoms with Gasteiger partial charge in [0.15, 0.2) is 15.1 Å². The fraction of sp³-hybridized carbons (Fsp3) is 0.333. The van der Waals surface area contributed by atoms with E-state index in [2.05, 4.69) is 4.98 Å². The van der Waals surface area contributed by atoms with Gasteiger partial charge in [-0.1, -0.05) is 35.3 Å². The number of anilines is 1. The van der Waals surface area contributed by atoms with Gasteiger partial charge in [-0.05, 0) is 31.5 Å². The van der Waals surface area contributed by atoms with Gasteiger partial charge in [0.25, 0.3) is 0 Å². The molecule has 2 heterocycles. The number of hydrogen-bond donors (Lipinski definition) is 0. The molecule has 1 unspecified atom stereocenters. The van der Waals surface area contributed by atoms with E-state index in [-0.39, 0.29) is 27.0 Å². The van der Waals surface area contributed by atoms with Crippen molar-refractivity contribution < 1.29 is 21.6 Å². The Labute approximate surface area is 179 Å². The molecule has 0 spiro atoms. The molecule has 0 N–H and O–H groups in total. The highest BCUT2D eigenvalue weighted by molar-refractivity contribution is 7.93. The minimum atomic E-state index is -4.12. The van der Waals surface area contributed by atoms with Gasteiger partial charge in [-0.2, -0.15) is 0 Å². The molecule has 0 aliphatic carbocycles. The molecule has 1 aromatic heterocycles. The van der Waals surface area contributed by atoms with Gasteiger partial charge >= 0.3 is 0 Å². The quantitative estimate of drug-likeness (QED) is 0.672. The number of carbonyl (C=O) groups excluding carboxylic acids is 1. The Morgan fingerprint density at radius 1 is 1.17 bits per heavy atom. The summed E-state index contributed by atoms with van der Waals surface area (Å²) in [5.74, 6) is -0.725. The van der Waals surface area contributed by atoms with Gasteiger partial charge in [0.05, 0.1) is 26.7 Å². The van der Waals surface area contributed by atoms with Crippen LogP contribution in [0.4, 0.5) is 5.69 Å². The van der Waals surface area contributed by atoms with Crippen molar-refractivity contribution in [3.05, 3.63) is 57.3 Å².